The van der Waals surface area contributed by atoms with Gasteiger partial charge in [-0.05, 0) is 0 Å². The van der Waals surface area contributed by atoms with E-state index in [1.807, 2.05) is 0 Å². The van der Waals surface area contributed by atoms with E-state index in [9.17, 15) is 19.2 Å². The van der Waals surface area contributed by atoms with Crippen molar-refractivity contribution in [3.63, 3.8) is 0 Å². The molecule has 12 nitrogen and oxygen atoms in total. The Morgan fingerprint density at radius 1 is 1.15 bits per heavy atom. The van der Waals surface area contributed by atoms with Gasteiger partial charge in [0.1, 0.15) is 19.0 Å². The van der Waals surface area contributed by atoms with E-state index in [1.54, 1.807) is 0 Å². The summed E-state index contributed by atoms with van der Waals surface area (Å²) < 4.78 is 21.8. The summed E-state index contributed by atoms with van der Waals surface area (Å²) in [7, 11) is 0. The lowest BCUT2D eigenvalue weighted by Gasteiger charge is -2.23. The van der Waals surface area contributed by atoms with Crippen molar-refractivity contribution in [3.8, 4) is 0 Å². The normalized spacial score (nSPS) is 24.7. The molecule has 0 saturated carbocycles. The van der Waals surface area contributed by atoms with Gasteiger partial charge in [0.2, 0.25) is 5.95 Å². The first-order valence-electron chi connectivity index (χ1n) is 7.53. The summed E-state index contributed by atoms with van der Waals surface area (Å²) >= 11 is 0. The van der Waals surface area contributed by atoms with Gasteiger partial charge in [0, 0.05) is 20.8 Å². The van der Waals surface area contributed by atoms with Crippen LogP contribution in [0.1, 0.15) is 27.0 Å². The van der Waals surface area contributed by atoms with Gasteiger partial charge in [-0.1, -0.05) is 0 Å². The van der Waals surface area contributed by atoms with E-state index < -0.39 is 48.1 Å². The number of anilines is 1. The second kappa shape index (κ2) is 7.91. The average Bonchev–Trinajstić information content (AvgIpc) is 2.82. The predicted octanol–water partition coefficient (Wildman–Crippen LogP) is -1.46. The number of rotatable bonds is 5. The van der Waals surface area contributed by atoms with E-state index in [4.69, 9.17) is 24.7 Å². The van der Waals surface area contributed by atoms with E-state index in [1.165, 1.54) is 6.92 Å². The van der Waals surface area contributed by atoms with Gasteiger partial charge in [-0.3, -0.25) is 19.0 Å². The molecule has 1 unspecified atom stereocenters. The van der Waals surface area contributed by atoms with Crippen LogP contribution < -0.4 is 11.4 Å². The average molecular weight is 370 g/mol. The van der Waals surface area contributed by atoms with Crippen molar-refractivity contribution in [1.82, 2.24) is 14.5 Å². The molecule has 1 aromatic heterocycles. The third-order valence-corrected chi connectivity index (χ3v) is 3.36. The summed E-state index contributed by atoms with van der Waals surface area (Å²) in [6.45, 7) is 3.20. The number of carbonyl (C=O) groups is 3. The lowest BCUT2D eigenvalue weighted by Crippen LogP contribution is -2.42. The highest BCUT2D eigenvalue weighted by atomic mass is 16.7. The van der Waals surface area contributed by atoms with Gasteiger partial charge in [-0.2, -0.15) is 4.98 Å². The molecule has 1 aromatic rings. The van der Waals surface area contributed by atoms with Gasteiger partial charge >= 0.3 is 23.6 Å². The molecule has 12 heteroatoms. The monoisotopic (exact) mass is 370 g/mol. The SMILES string of the molecule is CC(=O)OC[C@H]1O[C@@H](n2cnc(N)nc2=O)C(OC(C)=O)[C@H]1OC(C)=O. The largest absolute Gasteiger partial charge is 0.463 e. The molecule has 2 heterocycles. The highest BCUT2D eigenvalue weighted by molar-refractivity contribution is 5.67. The third-order valence-electron chi connectivity index (χ3n) is 3.36. The lowest BCUT2D eigenvalue weighted by molar-refractivity contribution is -0.166. The van der Waals surface area contributed by atoms with Crippen molar-refractivity contribution in [3.05, 3.63) is 16.8 Å². The van der Waals surface area contributed by atoms with Crippen LogP contribution in [0.25, 0.3) is 0 Å². The van der Waals surface area contributed by atoms with Crippen molar-refractivity contribution in [2.75, 3.05) is 12.3 Å². The van der Waals surface area contributed by atoms with Crippen molar-refractivity contribution in [2.45, 2.75) is 45.3 Å². The van der Waals surface area contributed by atoms with E-state index in [0.717, 1.165) is 24.7 Å². The standard InChI is InChI=1S/C14H18N4O8/c1-6(19)23-4-9-10(24-7(2)20)11(25-8(3)21)12(26-9)18-5-16-13(15)17-14(18)22/h5,9-12H,4H2,1-3H3,(H2,15,17,22)/t9-,10+,11?,12-/m1/s1. The topological polar surface area (TPSA) is 162 Å². The van der Waals surface area contributed by atoms with Crippen LogP contribution in [0.15, 0.2) is 11.1 Å². The summed E-state index contributed by atoms with van der Waals surface area (Å²) in [5, 5.41) is 0. The fourth-order valence-corrected chi connectivity index (χ4v) is 2.45. The second-order valence-corrected chi connectivity index (χ2v) is 5.42. The van der Waals surface area contributed by atoms with E-state index in [0.29, 0.717) is 0 Å². The quantitative estimate of drug-likeness (QED) is 0.476. The summed E-state index contributed by atoms with van der Waals surface area (Å²) in [6, 6.07) is 0. The van der Waals surface area contributed by atoms with Crippen LogP contribution in [0.2, 0.25) is 0 Å². The second-order valence-electron chi connectivity index (χ2n) is 5.42. The highest BCUT2D eigenvalue weighted by Crippen LogP contribution is 2.33. The van der Waals surface area contributed by atoms with E-state index >= 15 is 0 Å². The number of hydrogen-bond donors (Lipinski definition) is 1. The molecule has 1 saturated heterocycles. The zero-order chi connectivity index (χ0) is 19.4. The van der Waals surface area contributed by atoms with Gasteiger partial charge in [-0.15, -0.1) is 0 Å². The highest BCUT2D eigenvalue weighted by Gasteiger charge is 2.51. The van der Waals surface area contributed by atoms with Crippen LogP contribution >= 0.6 is 0 Å². The van der Waals surface area contributed by atoms with Gasteiger partial charge < -0.3 is 24.7 Å². The van der Waals surface area contributed by atoms with Crippen LogP contribution in [-0.4, -0.2) is 57.4 Å². The summed E-state index contributed by atoms with van der Waals surface area (Å²) in [6.07, 6.45) is -3.45. The molecule has 1 fully saturated rings. The Hall–Kier alpha value is -3.02. The smallest absolute Gasteiger partial charge is 0.354 e. The minimum atomic E-state index is -1.21. The molecule has 0 aliphatic carbocycles. The molecule has 26 heavy (non-hydrogen) atoms. The molecule has 1 aliphatic heterocycles. The Labute approximate surface area is 147 Å². The molecule has 0 aromatic carbocycles. The van der Waals surface area contributed by atoms with Gasteiger partial charge in [0.15, 0.2) is 18.4 Å². The fraction of sp³-hybridized carbons (Fsp3) is 0.571. The van der Waals surface area contributed by atoms with Gasteiger partial charge in [-0.25, -0.2) is 9.78 Å². The third kappa shape index (κ3) is 4.53. The number of aromatic nitrogens is 3. The lowest BCUT2D eigenvalue weighted by atomic mass is 10.1. The molecule has 0 spiro atoms. The molecular weight excluding hydrogens is 352 g/mol. The number of nitrogens with zero attached hydrogens (tertiary/aromatic N) is 3. The summed E-state index contributed by atoms with van der Waals surface area (Å²) in [5.41, 5.74) is 4.54. The van der Waals surface area contributed by atoms with Crippen molar-refractivity contribution in [1.29, 1.82) is 0 Å². The number of nitrogen functional groups attached to an aromatic ring is 1. The summed E-state index contributed by atoms with van der Waals surface area (Å²) in [4.78, 5) is 53.2. The van der Waals surface area contributed by atoms with Crippen LogP contribution in [0.5, 0.6) is 0 Å². The van der Waals surface area contributed by atoms with Gasteiger partial charge in [0.05, 0.1) is 0 Å². The Kier molecular flexibility index (Phi) is 5.87. The van der Waals surface area contributed by atoms with Crippen LogP contribution in [0.3, 0.4) is 0 Å². The molecular formula is C14H18N4O8. The number of hydrogen-bond acceptors (Lipinski definition) is 11. The molecule has 4 atom stereocenters. The molecule has 1 aliphatic rings. The maximum Gasteiger partial charge on any atom is 0.354 e. The van der Waals surface area contributed by atoms with E-state index in [2.05, 4.69) is 9.97 Å². The van der Waals surface area contributed by atoms with Crippen molar-refractivity contribution >= 4 is 23.9 Å². The Morgan fingerprint density at radius 2 is 1.77 bits per heavy atom. The van der Waals surface area contributed by atoms with Crippen LogP contribution in [0.4, 0.5) is 5.95 Å². The number of esters is 3. The Morgan fingerprint density at radius 3 is 2.31 bits per heavy atom. The first-order valence-corrected chi connectivity index (χ1v) is 7.53. The minimum absolute atomic E-state index is 0.249. The molecule has 2 N–H and O–H groups in total. The van der Waals surface area contributed by atoms with Crippen LogP contribution in [0, 0.1) is 0 Å². The van der Waals surface area contributed by atoms with Crippen LogP contribution in [-0.2, 0) is 33.3 Å². The molecule has 2 rings (SSSR count). The maximum absolute atomic E-state index is 12.1. The first kappa shape index (κ1) is 19.3. The first-order chi connectivity index (χ1) is 12.2. The van der Waals surface area contributed by atoms with Crippen molar-refractivity contribution in [2.24, 2.45) is 0 Å². The number of ether oxygens (including phenoxy) is 4. The Balaban J connectivity index is 2.40. The fourth-order valence-electron chi connectivity index (χ4n) is 2.45. The van der Waals surface area contributed by atoms with Crippen molar-refractivity contribution < 1.29 is 33.3 Å². The Bertz CT molecular complexity index is 764. The molecule has 0 amide bonds. The summed E-state index contributed by atoms with van der Waals surface area (Å²) in [5.74, 6) is -2.21. The van der Waals surface area contributed by atoms with Gasteiger partial charge in [0.25, 0.3) is 0 Å². The molecule has 142 valence electrons. The molecule has 0 bridgehead atoms. The number of carbonyl (C=O) groups excluding carboxylic acids is 3. The predicted molar refractivity (Wildman–Crippen MR) is 82.4 cm³/mol. The zero-order valence-corrected chi connectivity index (χ0v) is 14.3. The maximum atomic E-state index is 12.1. The minimum Gasteiger partial charge on any atom is -0.463 e. The molecule has 0 radical (unpaired) electrons. The zero-order valence-electron chi connectivity index (χ0n) is 14.3. The van der Waals surface area contributed by atoms with E-state index in [-0.39, 0.29) is 12.6 Å². The number of nitrogens with two attached hydrogens (primary N) is 1.